The smallest absolute Gasteiger partial charge is 0.229 e. The highest BCUT2D eigenvalue weighted by Gasteiger charge is 2.15. The molecule has 0 aliphatic rings. The first-order valence-electron chi connectivity index (χ1n) is 10.5. The van der Waals surface area contributed by atoms with Gasteiger partial charge in [-0.3, -0.25) is 4.79 Å². The normalized spacial score (nSPS) is 11.2. The zero-order valence-corrected chi connectivity index (χ0v) is 19.8. The number of hydrogen-bond acceptors (Lipinski definition) is 8. The van der Waals surface area contributed by atoms with Crippen molar-refractivity contribution in [2.45, 2.75) is 24.7 Å². The quantitative estimate of drug-likeness (QED) is 0.423. The van der Waals surface area contributed by atoms with Crippen LogP contribution in [0.15, 0.2) is 65.7 Å². The Balaban J connectivity index is 1.74. The molecule has 0 unspecified atom stereocenters. The highest BCUT2D eigenvalue weighted by molar-refractivity contribution is 7.91. The number of ketones is 1. The van der Waals surface area contributed by atoms with Crippen molar-refractivity contribution >= 4 is 38.8 Å². The number of nitrogens with zero attached hydrogens (tertiary/aromatic N) is 3. The minimum atomic E-state index is -3.41. The minimum Gasteiger partial charge on any atom is -0.385 e. The molecule has 0 aliphatic carbocycles. The number of Topliss-reactive ketones (excluding diaryl/α,β-unsaturated/α-hetero) is 1. The van der Waals surface area contributed by atoms with E-state index in [1.54, 1.807) is 50.6 Å². The lowest BCUT2D eigenvalue weighted by Gasteiger charge is -2.19. The van der Waals surface area contributed by atoms with Crippen molar-refractivity contribution in [1.82, 2.24) is 9.97 Å². The number of rotatable bonds is 11. The number of anilines is 4. The first-order valence-corrected chi connectivity index (χ1v) is 12.2. The molecule has 0 saturated heterocycles. The van der Waals surface area contributed by atoms with Crippen LogP contribution in [-0.4, -0.2) is 50.7 Å². The van der Waals surface area contributed by atoms with Crippen LogP contribution in [0, 0.1) is 0 Å². The van der Waals surface area contributed by atoms with Crippen LogP contribution in [0.25, 0.3) is 0 Å². The van der Waals surface area contributed by atoms with Crippen molar-refractivity contribution in [2.75, 3.05) is 36.7 Å². The molecule has 1 N–H and O–H groups in total. The molecule has 0 saturated carbocycles. The lowest BCUT2D eigenvalue weighted by molar-refractivity contribution is -0.116. The summed E-state index contributed by atoms with van der Waals surface area (Å²) in [6, 6.07) is 16.1. The fourth-order valence-corrected chi connectivity index (χ4v) is 4.59. The molecule has 1 aromatic heterocycles. The molecule has 0 spiro atoms. The number of nitrogens with one attached hydrogen (secondary N) is 1. The maximum absolute atomic E-state index is 12.6. The van der Waals surface area contributed by atoms with Crippen molar-refractivity contribution < 1.29 is 17.9 Å². The Morgan fingerprint density at radius 1 is 1.12 bits per heavy atom. The van der Waals surface area contributed by atoms with E-state index in [0.29, 0.717) is 36.9 Å². The third kappa shape index (κ3) is 6.84. The van der Waals surface area contributed by atoms with Gasteiger partial charge in [-0.1, -0.05) is 18.2 Å². The van der Waals surface area contributed by atoms with Crippen molar-refractivity contribution in [3.8, 4) is 0 Å². The van der Waals surface area contributed by atoms with E-state index in [0.717, 1.165) is 11.3 Å². The minimum absolute atomic E-state index is 0.0201. The number of ether oxygens (including phenoxy) is 1. The summed E-state index contributed by atoms with van der Waals surface area (Å²) >= 11 is 0. The molecule has 1 heterocycles. The Morgan fingerprint density at radius 2 is 1.88 bits per heavy atom. The first kappa shape index (κ1) is 24.3. The summed E-state index contributed by atoms with van der Waals surface area (Å²) in [5.74, 6) is 1.15. The van der Waals surface area contributed by atoms with Gasteiger partial charge in [0, 0.05) is 44.8 Å². The molecule has 0 radical (unpaired) electrons. The number of methoxy groups -OCH3 is 1. The average Bonchev–Trinajstić information content (AvgIpc) is 2.79. The van der Waals surface area contributed by atoms with Gasteiger partial charge in [0.1, 0.15) is 11.6 Å². The molecule has 0 amide bonds. The fraction of sp³-hybridized carbons (Fsp3) is 0.292. The fourth-order valence-electron chi connectivity index (χ4n) is 3.26. The van der Waals surface area contributed by atoms with Gasteiger partial charge in [-0.2, -0.15) is 4.98 Å². The van der Waals surface area contributed by atoms with Crippen LogP contribution in [0.2, 0.25) is 0 Å². The predicted molar refractivity (Wildman–Crippen MR) is 129 cm³/mol. The van der Waals surface area contributed by atoms with Gasteiger partial charge in [-0.15, -0.1) is 0 Å². The van der Waals surface area contributed by atoms with Crippen LogP contribution >= 0.6 is 0 Å². The number of carbonyl (C=O) groups is 1. The summed E-state index contributed by atoms with van der Waals surface area (Å²) in [5, 5.41) is 3.09. The lowest BCUT2D eigenvalue weighted by Crippen LogP contribution is -2.12. The standard InChI is InChI=1S/C24H28N4O4S/c1-18(29)16-19-8-10-21(11-9-19)28(2)23-12-13-25-24(27-23)26-20-6-4-7-22(17-20)33(30,31)15-5-14-32-3/h4,6-13,17H,5,14-16H2,1-3H3,(H,25,26,27). The zero-order valence-electron chi connectivity index (χ0n) is 19.0. The van der Waals surface area contributed by atoms with E-state index in [4.69, 9.17) is 4.74 Å². The van der Waals surface area contributed by atoms with Crippen molar-refractivity contribution in [3.63, 3.8) is 0 Å². The van der Waals surface area contributed by atoms with Gasteiger partial charge in [0.2, 0.25) is 5.95 Å². The first-order chi connectivity index (χ1) is 15.8. The third-order valence-electron chi connectivity index (χ3n) is 4.97. The Kier molecular flexibility index (Phi) is 8.13. The second-order valence-electron chi connectivity index (χ2n) is 7.66. The van der Waals surface area contributed by atoms with Crippen LogP contribution in [0.4, 0.5) is 23.1 Å². The molecule has 0 bridgehead atoms. The van der Waals surface area contributed by atoms with E-state index < -0.39 is 9.84 Å². The van der Waals surface area contributed by atoms with Gasteiger partial charge >= 0.3 is 0 Å². The highest BCUT2D eigenvalue weighted by atomic mass is 32.2. The van der Waals surface area contributed by atoms with Crippen LogP contribution in [0.5, 0.6) is 0 Å². The Labute approximate surface area is 194 Å². The van der Waals surface area contributed by atoms with Gasteiger partial charge in [0.05, 0.1) is 10.6 Å². The van der Waals surface area contributed by atoms with Crippen molar-refractivity contribution in [3.05, 3.63) is 66.4 Å². The molecular formula is C24H28N4O4S. The highest BCUT2D eigenvalue weighted by Crippen LogP contribution is 2.24. The predicted octanol–water partition coefficient (Wildman–Crippen LogP) is 3.93. The van der Waals surface area contributed by atoms with Crippen LogP contribution < -0.4 is 10.2 Å². The summed E-state index contributed by atoms with van der Waals surface area (Å²) in [6.45, 7) is 1.97. The second kappa shape index (κ2) is 11.0. The molecule has 0 atom stereocenters. The SMILES string of the molecule is COCCCS(=O)(=O)c1cccc(Nc2nccc(N(C)c3ccc(CC(C)=O)cc3)n2)c1. The molecule has 0 fully saturated rings. The van der Waals surface area contributed by atoms with Gasteiger partial charge in [0.25, 0.3) is 0 Å². The Hall–Kier alpha value is -3.30. The second-order valence-corrected chi connectivity index (χ2v) is 9.77. The van der Waals surface area contributed by atoms with E-state index in [1.165, 1.54) is 0 Å². The Bertz CT molecular complexity index is 1200. The average molecular weight is 469 g/mol. The molecule has 3 aromatic rings. The summed E-state index contributed by atoms with van der Waals surface area (Å²) < 4.78 is 30.1. The van der Waals surface area contributed by atoms with Crippen molar-refractivity contribution in [1.29, 1.82) is 0 Å². The summed E-state index contributed by atoms with van der Waals surface area (Å²) in [7, 11) is 0.0299. The molecular weight excluding hydrogens is 440 g/mol. The summed E-state index contributed by atoms with van der Waals surface area (Å²) in [4.78, 5) is 22.3. The number of benzene rings is 2. The van der Waals surface area contributed by atoms with Crippen LogP contribution in [0.3, 0.4) is 0 Å². The molecule has 174 valence electrons. The topological polar surface area (TPSA) is 101 Å². The van der Waals surface area contributed by atoms with E-state index in [1.807, 2.05) is 36.2 Å². The van der Waals surface area contributed by atoms with Gasteiger partial charge in [-0.25, -0.2) is 13.4 Å². The van der Waals surface area contributed by atoms with E-state index >= 15 is 0 Å². The maximum atomic E-state index is 12.6. The molecule has 2 aromatic carbocycles. The van der Waals surface area contributed by atoms with Gasteiger partial charge in [0.15, 0.2) is 9.84 Å². The molecule has 3 rings (SSSR count). The number of sulfone groups is 1. The van der Waals surface area contributed by atoms with Crippen LogP contribution in [0.1, 0.15) is 18.9 Å². The summed E-state index contributed by atoms with van der Waals surface area (Å²) in [5.41, 5.74) is 2.45. The molecule has 9 heteroatoms. The maximum Gasteiger partial charge on any atom is 0.229 e. The molecule has 8 nitrogen and oxygen atoms in total. The van der Waals surface area contributed by atoms with Gasteiger partial charge in [-0.05, 0) is 55.3 Å². The van der Waals surface area contributed by atoms with Gasteiger partial charge < -0.3 is 15.0 Å². The number of hydrogen-bond donors (Lipinski definition) is 1. The summed E-state index contributed by atoms with van der Waals surface area (Å²) in [6.07, 6.45) is 2.48. The Morgan fingerprint density at radius 3 is 2.58 bits per heavy atom. The van der Waals surface area contributed by atoms with Crippen LogP contribution in [-0.2, 0) is 25.8 Å². The number of aromatic nitrogens is 2. The largest absolute Gasteiger partial charge is 0.385 e. The lowest BCUT2D eigenvalue weighted by atomic mass is 10.1. The molecule has 0 aliphatic heterocycles. The van der Waals surface area contributed by atoms with E-state index in [2.05, 4.69) is 15.3 Å². The van der Waals surface area contributed by atoms with E-state index in [-0.39, 0.29) is 16.4 Å². The number of carbonyl (C=O) groups excluding carboxylic acids is 1. The van der Waals surface area contributed by atoms with E-state index in [9.17, 15) is 13.2 Å². The van der Waals surface area contributed by atoms with Crippen molar-refractivity contribution in [2.24, 2.45) is 0 Å². The third-order valence-corrected chi connectivity index (χ3v) is 6.77. The molecule has 33 heavy (non-hydrogen) atoms. The zero-order chi connectivity index (χ0) is 23.8. The monoisotopic (exact) mass is 468 g/mol.